The summed E-state index contributed by atoms with van der Waals surface area (Å²) in [5.74, 6) is 0.281. The first-order chi connectivity index (χ1) is 14.6. The van der Waals surface area contributed by atoms with Crippen molar-refractivity contribution in [3.05, 3.63) is 0 Å². The largest absolute Gasteiger partial charge is 0.449 e. The van der Waals surface area contributed by atoms with E-state index in [2.05, 4.69) is 12.2 Å². The fourth-order valence-corrected chi connectivity index (χ4v) is 4.20. The lowest BCUT2D eigenvalue weighted by molar-refractivity contribution is 0.127. The molecule has 1 heterocycles. The monoisotopic (exact) mass is 425 g/mol. The highest BCUT2D eigenvalue weighted by Crippen LogP contribution is 2.18. The standard InChI is InChI=1S/C24H47N3O3/c1-2-3-4-5-6-7-8-9-10-11-12-13-14-15-16-22(21-30-23(25)28)17-19-27-20-18-26-24(27)29/h22H,2-21H2,1H3,(H2,25,28)(H,26,29). The molecule has 3 N–H and O–H groups in total. The van der Waals surface area contributed by atoms with Crippen LogP contribution in [0.25, 0.3) is 0 Å². The van der Waals surface area contributed by atoms with Crippen molar-refractivity contribution in [3.63, 3.8) is 0 Å². The van der Waals surface area contributed by atoms with Crippen LogP contribution in [-0.2, 0) is 4.74 Å². The third kappa shape index (κ3) is 14.5. The quantitative estimate of drug-likeness (QED) is 0.235. The molecule has 1 saturated heterocycles. The Balaban J connectivity index is 1.98. The van der Waals surface area contributed by atoms with Gasteiger partial charge in [0, 0.05) is 19.6 Å². The molecule has 0 aromatic carbocycles. The van der Waals surface area contributed by atoms with Crippen LogP contribution in [0.15, 0.2) is 0 Å². The van der Waals surface area contributed by atoms with Crippen LogP contribution in [0.3, 0.4) is 0 Å². The van der Waals surface area contributed by atoms with Crippen LogP contribution >= 0.6 is 0 Å². The van der Waals surface area contributed by atoms with Gasteiger partial charge in [0.05, 0.1) is 6.61 Å². The second-order valence-electron chi connectivity index (χ2n) is 8.89. The van der Waals surface area contributed by atoms with Gasteiger partial charge < -0.3 is 20.7 Å². The van der Waals surface area contributed by atoms with Crippen LogP contribution in [0.1, 0.15) is 110 Å². The summed E-state index contributed by atoms with van der Waals surface area (Å²) in [7, 11) is 0. The highest BCUT2D eigenvalue weighted by Gasteiger charge is 2.21. The Hall–Kier alpha value is -1.46. The molecule has 1 unspecified atom stereocenters. The number of ether oxygens (including phenoxy) is 1. The maximum absolute atomic E-state index is 11.7. The number of primary amides is 1. The predicted molar refractivity (Wildman–Crippen MR) is 124 cm³/mol. The Kier molecular flexibility index (Phi) is 16.2. The molecule has 1 atom stereocenters. The summed E-state index contributed by atoms with van der Waals surface area (Å²) in [6.07, 6.45) is 20.1. The minimum absolute atomic E-state index is 0.0149. The van der Waals surface area contributed by atoms with Gasteiger partial charge in [-0.25, -0.2) is 9.59 Å². The van der Waals surface area contributed by atoms with Crippen molar-refractivity contribution >= 4 is 12.1 Å². The third-order valence-corrected chi connectivity index (χ3v) is 6.18. The zero-order chi connectivity index (χ0) is 21.9. The van der Waals surface area contributed by atoms with E-state index in [0.29, 0.717) is 6.61 Å². The van der Waals surface area contributed by atoms with E-state index in [1.54, 1.807) is 0 Å². The number of carbonyl (C=O) groups is 2. The number of hydrogen-bond acceptors (Lipinski definition) is 3. The van der Waals surface area contributed by atoms with Crippen molar-refractivity contribution < 1.29 is 14.3 Å². The average Bonchev–Trinajstić information content (AvgIpc) is 3.14. The molecule has 0 saturated carbocycles. The van der Waals surface area contributed by atoms with Crippen molar-refractivity contribution in [3.8, 4) is 0 Å². The van der Waals surface area contributed by atoms with E-state index >= 15 is 0 Å². The lowest BCUT2D eigenvalue weighted by Crippen LogP contribution is -2.31. The van der Waals surface area contributed by atoms with Crippen molar-refractivity contribution in [2.75, 3.05) is 26.2 Å². The summed E-state index contributed by atoms with van der Waals surface area (Å²) in [5.41, 5.74) is 5.13. The molecule has 1 aliphatic heterocycles. The first-order valence-electron chi connectivity index (χ1n) is 12.6. The van der Waals surface area contributed by atoms with Crippen molar-refractivity contribution in [1.82, 2.24) is 10.2 Å². The van der Waals surface area contributed by atoms with E-state index < -0.39 is 6.09 Å². The van der Waals surface area contributed by atoms with Crippen molar-refractivity contribution in [2.24, 2.45) is 11.7 Å². The molecular formula is C24H47N3O3. The molecule has 0 aliphatic carbocycles. The molecule has 0 radical (unpaired) electrons. The van der Waals surface area contributed by atoms with Crippen LogP contribution in [0.2, 0.25) is 0 Å². The second kappa shape index (κ2) is 18.3. The SMILES string of the molecule is CCCCCCCCCCCCCCCCC(CCN1CCNC1=O)COC(N)=O. The molecule has 3 amide bonds. The number of carbonyl (C=O) groups excluding carboxylic acids is 2. The van der Waals surface area contributed by atoms with Crippen LogP contribution in [0, 0.1) is 5.92 Å². The Morgan fingerprint density at radius 3 is 1.93 bits per heavy atom. The maximum Gasteiger partial charge on any atom is 0.404 e. The lowest BCUT2D eigenvalue weighted by Gasteiger charge is -2.20. The van der Waals surface area contributed by atoms with Gasteiger partial charge in [-0.1, -0.05) is 96.8 Å². The fourth-order valence-electron chi connectivity index (χ4n) is 4.20. The van der Waals surface area contributed by atoms with Gasteiger partial charge in [-0.3, -0.25) is 0 Å². The number of nitrogens with one attached hydrogen (secondary N) is 1. The van der Waals surface area contributed by atoms with Gasteiger partial charge >= 0.3 is 12.1 Å². The molecule has 1 rings (SSSR count). The van der Waals surface area contributed by atoms with E-state index in [0.717, 1.165) is 38.9 Å². The van der Waals surface area contributed by atoms with Gasteiger partial charge in [0.1, 0.15) is 0 Å². The smallest absolute Gasteiger partial charge is 0.404 e. The van der Waals surface area contributed by atoms with Crippen molar-refractivity contribution in [2.45, 2.75) is 110 Å². The predicted octanol–water partition coefficient (Wildman–Crippen LogP) is 5.98. The Labute approximate surface area is 184 Å². The summed E-state index contributed by atoms with van der Waals surface area (Å²) >= 11 is 0. The van der Waals surface area contributed by atoms with Gasteiger partial charge in [0.2, 0.25) is 0 Å². The van der Waals surface area contributed by atoms with E-state index in [-0.39, 0.29) is 11.9 Å². The van der Waals surface area contributed by atoms with Gasteiger partial charge in [0.25, 0.3) is 0 Å². The number of amides is 3. The average molecular weight is 426 g/mol. The van der Waals surface area contributed by atoms with Crippen LogP contribution in [0.5, 0.6) is 0 Å². The number of urea groups is 1. The van der Waals surface area contributed by atoms with E-state index in [9.17, 15) is 9.59 Å². The first kappa shape index (κ1) is 26.6. The summed E-state index contributed by atoms with van der Waals surface area (Å²) in [4.78, 5) is 24.4. The first-order valence-corrected chi connectivity index (χ1v) is 12.6. The Bertz CT molecular complexity index is 445. The number of nitrogens with two attached hydrogens (primary N) is 1. The minimum atomic E-state index is -0.708. The molecule has 6 nitrogen and oxygen atoms in total. The highest BCUT2D eigenvalue weighted by atomic mass is 16.5. The van der Waals surface area contributed by atoms with E-state index in [1.807, 2.05) is 4.90 Å². The second-order valence-corrected chi connectivity index (χ2v) is 8.89. The topological polar surface area (TPSA) is 84.7 Å². The number of nitrogens with zero attached hydrogens (tertiary/aromatic N) is 1. The molecule has 1 aliphatic rings. The van der Waals surface area contributed by atoms with Gasteiger partial charge in [0.15, 0.2) is 0 Å². The molecule has 0 aromatic heterocycles. The molecule has 1 fully saturated rings. The molecule has 0 aromatic rings. The Morgan fingerprint density at radius 2 is 1.47 bits per heavy atom. The molecule has 176 valence electrons. The number of hydrogen-bond donors (Lipinski definition) is 2. The highest BCUT2D eigenvalue weighted by molar-refractivity contribution is 5.76. The van der Waals surface area contributed by atoms with Crippen LogP contribution < -0.4 is 11.1 Å². The Morgan fingerprint density at radius 1 is 0.933 bits per heavy atom. The van der Waals surface area contributed by atoms with E-state index in [4.69, 9.17) is 10.5 Å². The third-order valence-electron chi connectivity index (χ3n) is 6.18. The molecule has 0 bridgehead atoms. The molecule has 30 heavy (non-hydrogen) atoms. The van der Waals surface area contributed by atoms with Gasteiger partial charge in [-0.2, -0.15) is 0 Å². The summed E-state index contributed by atoms with van der Waals surface area (Å²) in [5, 5.41) is 2.82. The van der Waals surface area contributed by atoms with Gasteiger partial charge in [-0.05, 0) is 18.8 Å². The minimum Gasteiger partial charge on any atom is -0.449 e. The van der Waals surface area contributed by atoms with Gasteiger partial charge in [-0.15, -0.1) is 0 Å². The summed E-state index contributed by atoms with van der Waals surface area (Å²) in [6, 6.07) is 0.0149. The molecule has 6 heteroatoms. The van der Waals surface area contributed by atoms with Crippen molar-refractivity contribution in [1.29, 1.82) is 0 Å². The summed E-state index contributed by atoms with van der Waals surface area (Å²) < 4.78 is 5.04. The molecule has 0 spiro atoms. The zero-order valence-electron chi connectivity index (χ0n) is 19.5. The fraction of sp³-hybridized carbons (Fsp3) is 0.917. The van der Waals surface area contributed by atoms with E-state index in [1.165, 1.54) is 83.5 Å². The summed E-state index contributed by atoms with van der Waals surface area (Å²) in [6.45, 7) is 4.84. The number of rotatable bonds is 20. The normalized spacial score (nSPS) is 14.7. The zero-order valence-corrected chi connectivity index (χ0v) is 19.5. The van der Waals surface area contributed by atoms with Crippen LogP contribution in [-0.4, -0.2) is 43.3 Å². The van der Waals surface area contributed by atoms with Crippen LogP contribution in [0.4, 0.5) is 9.59 Å². The number of unbranched alkanes of at least 4 members (excludes halogenated alkanes) is 13. The molecular weight excluding hydrogens is 378 g/mol. The lowest BCUT2D eigenvalue weighted by atomic mass is 9.97. The maximum atomic E-state index is 11.7.